The van der Waals surface area contributed by atoms with Gasteiger partial charge in [0.1, 0.15) is 25.2 Å². The van der Waals surface area contributed by atoms with E-state index >= 15 is 8.78 Å². The Balaban J connectivity index is 1.21. The third-order valence-corrected chi connectivity index (χ3v) is 11.6. The Morgan fingerprint density at radius 1 is 1.23 bits per heavy atom. The Morgan fingerprint density at radius 2 is 2.04 bits per heavy atom. The van der Waals surface area contributed by atoms with Crippen molar-refractivity contribution in [3.63, 3.8) is 0 Å². The number of hydrogen-bond acceptors (Lipinski definition) is 10. The number of fused-ring (bicyclic) bond motifs is 2. The molecule has 1 aromatic heterocycles. The molecule has 6 heterocycles. The predicted octanol–water partition coefficient (Wildman–Crippen LogP) is 3.98. The number of nitrogens with zero attached hydrogens (tertiary/aromatic N) is 5. The molecule has 13 heteroatoms. The summed E-state index contributed by atoms with van der Waals surface area (Å²) >= 11 is 0. The zero-order valence-corrected chi connectivity index (χ0v) is 30.9. The van der Waals surface area contributed by atoms with Gasteiger partial charge in [0.05, 0.1) is 34.1 Å². The second-order valence-corrected chi connectivity index (χ2v) is 16.0. The Hall–Kier alpha value is -3.99. The van der Waals surface area contributed by atoms with Crippen LogP contribution < -0.4 is 24.6 Å². The maximum absolute atomic E-state index is 15.1. The minimum Gasteiger partial charge on any atom is -0.486 e. The number of aromatic nitrogens is 2. The summed E-state index contributed by atoms with van der Waals surface area (Å²) in [6, 6.07) is 2.74. The first-order valence-electron chi connectivity index (χ1n) is 19.0. The molecule has 3 fully saturated rings. The number of carbonyl (C=O) groups is 1. The summed E-state index contributed by atoms with van der Waals surface area (Å²) in [4.78, 5) is 28.5. The highest BCUT2D eigenvalue weighted by Crippen LogP contribution is 2.42. The molecule has 0 bridgehead atoms. The van der Waals surface area contributed by atoms with Crippen LogP contribution in [0.15, 0.2) is 24.8 Å². The summed E-state index contributed by atoms with van der Waals surface area (Å²) in [5.74, 6) is 3.37. The quantitative estimate of drug-likeness (QED) is 0.290. The van der Waals surface area contributed by atoms with E-state index in [4.69, 9.17) is 30.6 Å². The van der Waals surface area contributed by atoms with E-state index in [-0.39, 0.29) is 49.3 Å². The smallest absolute Gasteiger partial charge is 0.318 e. The molecule has 1 unspecified atom stereocenters. The van der Waals surface area contributed by atoms with Gasteiger partial charge in [0, 0.05) is 71.2 Å². The molecule has 0 radical (unpaired) electrons. The Labute approximate surface area is 311 Å². The largest absolute Gasteiger partial charge is 0.486 e. The van der Waals surface area contributed by atoms with Gasteiger partial charge in [0.25, 0.3) is 0 Å². The molecule has 2 N–H and O–H groups in total. The van der Waals surface area contributed by atoms with E-state index in [0.717, 1.165) is 57.4 Å². The fraction of sp³-hybridized carbons (Fsp3) is 0.625. The molecular formula is C40H52F2N6O5. The van der Waals surface area contributed by atoms with Gasteiger partial charge in [-0.2, -0.15) is 9.97 Å². The SMILES string of the molecule is C#Cc1c(F)ccc2c1N([C@H]1COc3c(nc(OC[C@]4(C)C[C@@H](F)CN4CC4CCOCC4)nc3N3CCCCC(NC(=O)C=C)C3)C1)C[C@](C)(O)C2. The lowest BCUT2D eigenvalue weighted by molar-refractivity contribution is -0.117. The molecule has 3 saturated heterocycles. The number of benzene rings is 1. The van der Waals surface area contributed by atoms with E-state index < -0.39 is 23.1 Å². The number of halogens is 2. The lowest BCUT2D eigenvalue weighted by Crippen LogP contribution is -2.54. The minimum atomic E-state index is -1.08. The van der Waals surface area contributed by atoms with E-state index in [1.165, 1.54) is 12.1 Å². The summed E-state index contributed by atoms with van der Waals surface area (Å²) in [6.45, 7) is 11.9. The van der Waals surface area contributed by atoms with E-state index in [9.17, 15) is 9.90 Å². The molecule has 0 saturated carbocycles. The maximum Gasteiger partial charge on any atom is 0.318 e. The summed E-state index contributed by atoms with van der Waals surface area (Å²) in [7, 11) is 0. The third kappa shape index (κ3) is 8.10. The number of alkyl halides is 1. The third-order valence-electron chi connectivity index (χ3n) is 11.6. The second-order valence-electron chi connectivity index (χ2n) is 16.0. The van der Waals surface area contributed by atoms with Crippen LogP contribution in [0.4, 0.5) is 20.3 Å². The number of carbonyl (C=O) groups excluding carboxylic acids is 1. The lowest BCUT2D eigenvalue weighted by Gasteiger charge is -2.45. The van der Waals surface area contributed by atoms with Crippen molar-refractivity contribution in [3.05, 3.63) is 47.4 Å². The molecule has 1 aromatic carbocycles. The monoisotopic (exact) mass is 734 g/mol. The summed E-state index contributed by atoms with van der Waals surface area (Å²) in [6.07, 6.45) is 11.8. The molecule has 5 atom stereocenters. The van der Waals surface area contributed by atoms with E-state index in [1.54, 1.807) is 13.0 Å². The first-order valence-corrected chi connectivity index (χ1v) is 19.0. The van der Waals surface area contributed by atoms with Gasteiger partial charge in [0.15, 0.2) is 11.6 Å². The zero-order chi connectivity index (χ0) is 37.3. The fourth-order valence-electron chi connectivity index (χ4n) is 8.88. The number of amides is 1. The van der Waals surface area contributed by atoms with Crippen molar-refractivity contribution in [1.82, 2.24) is 20.2 Å². The molecule has 0 spiro atoms. The highest BCUT2D eigenvalue weighted by Gasteiger charge is 2.45. The standard InChI is InChI=1S/C40H52F2N6O5/c1-5-31-32(42)11-10-27-18-40(4,50)24-48(35(27)31)30-17-33-36(52-23-30)37(46-14-8-7-9-29(22-46)43-34(49)6-2)45-38(44-33)53-25-39(3)19-28(41)21-47(39)20-26-12-15-51-16-13-26/h1,6,10-11,26,28-30,50H,2,7-9,12-25H2,3-4H3,(H,43,49)/t28-,29?,30-,39+,40-/m1/s1. The molecule has 1 amide bonds. The zero-order valence-electron chi connectivity index (χ0n) is 30.9. The molecule has 7 rings (SSSR count). The number of rotatable bonds is 9. The van der Waals surface area contributed by atoms with Crippen molar-refractivity contribution in [2.75, 3.05) is 69.0 Å². The van der Waals surface area contributed by atoms with Crippen LogP contribution in [-0.2, 0) is 22.4 Å². The molecule has 53 heavy (non-hydrogen) atoms. The number of anilines is 2. The van der Waals surface area contributed by atoms with Crippen LogP contribution in [0.2, 0.25) is 0 Å². The van der Waals surface area contributed by atoms with Crippen molar-refractivity contribution in [3.8, 4) is 24.1 Å². The Bertz CT molecular complexity index is 1730. The number of aliphatic hydroxyl groups is 1. The van der Waals surface area contributed by atoms with Crippen LogP contribution in [0.3, 0.4) is 0 Å². The lowest BCUT2D eigenvalue weighted by atomic mass is 9.86. The summed E-state index contributed by atoms with van der Waals surface area (Å²) in [5, 5.41) is 14.4. The molecule has 5 aliphatic heterocycles. The highest BCUT2D eigenvalue weighted by molar-refractivity contribution is 5.87. The predicted molar refractivity (Wildman–Crippen MR) is 198 cm³/mol. The second kappa shape index (κ2) is 15.4. The van der Waals surface area contributed by atoms with Crippen LogP contribution in [0.25, 0.3) is 0 Å². The van der Waals surface area contributed by atoms with Crippen molar-refractivity contribution in [1.29, 1.82) is 0 Å². The van der Waals surface area contributed by atoms with Crippen molar-refractivity contribution in [2.24, 2.45) is 5.92 Å². The summed E-state index contributed by atoms with van der Waals surface area (Å²) in [5.41, 5.74) is 0.497. The average molecular weight is 735 g/mol. The van der Waals surface area contributed by atoms with Gasteiger partial charge < -0.3 is 34.4 Å². The first kappa shape index (κ1) is 37.3. The number of ether oxygens (including phenoxy) is 3. The number of hydrogen-bond donors (Lipinski definition) is 2. The van der Waals surface area contributed by atoms with Crippen LogP contribution in [0.1, 0.15) is 69.2 Å². The van der Waals surface area contributed by atoms with Gasteiger partial charge in [-0.1, -0.05) is 18.6 Å². The van der Waals surface area contributed by atoms with Crippen LogP contribution in [-0.4, -0.2) is 114 Å². The van der Waals surface area contributed by atoms with Crippen LogP contribution in [0, 0.1) is 24.1 Å². The summed E-state index contributed by atoms with van der Waals surface area (Å²) < 4.78 is 48.7. The average Bonchev–Trinajstić information content (AvgIpc) is 3.26. The maximum atomic E-state index is 15.1. The molecule has 286 valence electrons. The number of likely N-dealkylation sites (tertiary alicyclic amines) is 1. The molecular weight excluding hydrogens is 682 g/mol. The van der Waals surface area contributed by atoms with Crippen molar-refractivity contribution in [2.45, 2.75) is 94.6 Å². The van der Waals surface area contributed by atoms with Crippen LogP contribution >= 0.6 is 0 Å². The van der Waals surface area contributed by atoms with Gasteiger partial charge in [-0.15, -0.1) is 6.42 Å². The van der Waals surface area contributed by atoms with Crippen molar-refractivity contribution < 1.29 is 32.9 Å². The van der Waals surface area contributed by atoms with Crippen molar-refractivity contribution >= 4 is 17.4 Å². The number of β-amino-alcohol motifs (C(OH)–C–C–N with tert-alkyl or cyclic N) is 1. The first-order chi connectivity index (χ1) is 25.4. The Morgan fingerprint density at radius 3 is 2.81 bits per heavy atom. The van der Waals surface area contributed by atoms with E-state index in [1.807, 2.05) is 11.8 Å². The highest BCUT2D eigenvalue weighted by atomic mass is 19.1. The Kier molecular flexibility index (Phi) is 10.8. The normalized spacial score (nSPS) is 29.3. The van der Waals surface area contributed by atoms with Gasteiger partial charge in [-0.3, -0.25) is 9.69 Å². The van der Waals surface area contributed by atoms with Gasteiger partial charge in [0.2, 0.25) is 5.91 Å². The molecule has 11 nitrogen and oxygen atoms in total. The van der Waals surface area contributed by atoms with E-state index in [0.29, 0.717) is 67.8 Å². The van der Waals surface area contributed by atoms with Gasteiger partial charge in [-0.25, -0.2) is 8.78 Å². The molecule has 0 aliphatic carbocycles. The fourth-order valence-corrected chi connectivity index (χ4v) is 8.88. The molecule has 5 aliphatic rings. The molecule has 2 aromatic rings. The number of terminal acetylenes is 1. The number of nitrogens with one attached hydrogen (secondary N) is 1. The van der Waals surface area contributed by atoms with Gasteiger partial charge in [-0.05, 0) is 69.6 Å². The minimum absolute atomic E-state index is 0.129. The van der Waals surface area contributed by atoms with E-state index in [2.05, 4.69) is 27.6 Å². The topological polar surface area (TPSA) is 113 Å². The van der Waals surface area contributed by atoms with Crippen LogP contribution in [0.5, 0.6) is 11.8 Å². The van der Waals surface area contributed by atoms with Gasteiger partial charge >= 0.3 is 6.01 Å².